The summed E-state index contributed by atoms with van der Waals surface area (Å²) in [6.45, 7) is 2.45. The number of rotatable bonds is 2. The van der Waals surface area contributed by atoms with Gasteiger partial charge in [-0.25, -0.2) is 0 Å². The van der Waals surface area contributed by atoms with Gasteiger partial charge in [0.05, 0.1) is 12.2 Å². The molecule has 1 aliphatic heterocycles. The quantitative estimate of drug-likeness (QED) is 0.658. The highest BCUT2D eigenvalue weighted by Crippen LogP contribution is 2.54. The van der Waals surface area contributed by atoms with Crippen molar-refractivity contribution in [3.8, 4) is 0 Å². The molecule has 3 aliphatic rings. The lowest BCUT2D eigenvalue weighted by Gasteiger charge is -2.20. The van der Waals surface area contributed by atoms with E-state index in [0.29, 0.717) is 13.1 Å². The first-order valence-electron chi connectivity index (χ1n) is 5.81. The Balaban J connectivity index is 1.49. The van der Waals surface area contributed by atoms with Crippen LogP contribution in [-0.4, -0.2) is 47.0 Å². The summed E-state index contributed by atoms with van der Waals surface area (Å²) in [6, 6.07) is 0. The molecule has 3 heteroatoms. The summed E-state index contributed by atoms with van der Waals surface area (Å²) in [5, 5.41) is 18.8. The Labute approximate surface area is 84.7 Å². The fourth-order valence-corrected chi connectivity index (χ4v) is 3.35. The Morgan fingerprint density at radius 2 is 1.50 bits per heavy atom. The van der Waals surface area contributed by atoms with Crippen LogP contribution in [-0.2, 0) is 0 Å². The number of aliphatic hydroxyl groups excluding tert-OH is 2. The molecule has 0 bridgehead atoms. The second-order valence-electron chi connectivity index (χ2n) is 5.45. The molecule has 1 heterocycles. The van der Waals surface area contributed by atoms with E-state index in [4.69, 9.17) is 0 Å². The van der Waals surface area contributed by atoms with E-state index in [2.05, 4.69) is 4.90 Å². The van der Waals surface area contributed by atoms with Gasteiger partial charge in [-0.3, -0.25) is 4.90 Å². The van der Waals surface area contributed by atoms with Crippen LogP contribution < -0.4 is 0 Å². The standard InChI is InChI=1S/C11H19NO2/c13-10-5-12(6-11(10)14)4-7-1-8-3-9(8)2-7/h7-11,13-14H,1-6H2. The van der Waals surface area contributed by atoms with E-state index >= 15 is 0 Å². The van der Waals surface area contributed by atoms with E-state index in [1.165, 1.54) is 19.3 Å². The molecule has 2 saturated carbocycles. The lowest BCUT2D eigenvalue weighted by molar-refractivity contribution is 0.0572. The predicted molar refractivity (Wildman–Crippen MR) is 52.8 cm³/mol. The summed E-state index contributed by atoms with van der Waals surface area (Å²) in [6.07, 6.45) is 3.25. The lowest BCUT2D eigenvalue weighted by atomic mass is 10.0. The Morgan fingerprint density at radius 3 is 2.07 bits per heavy atom. The highest BCUT2D eigenvalue weighted by Gasteiger charge is 2.46. The molecule has 0 aromatic heterocycles. The molecule has 0 amide bonds. The highest BCUT2D eigenvalue weighted by atomic mass is 16.3. The summed E-state index contributed by atoms with van der Waals surface area (Å²) in [7, 11) is 0. The Morgan fingerprint density at radius 1 is 0.929 bits per heavy atom. The Kier molecular flexibility index (Phi) is 2.08. The summed E-state index contributed by atoms with van der Waals surface area (Å²) < 4.78 is 0. The normalized spacial score (nSPS) is 52.3. The first kappa shape index (κ1) is 9.13. The summed E-state index contributed by atoms with van der Waals surface area (Å²) in [4.78, 5) is 2.23. The monoisotopic (exact) mass is 197 g/mol. The minimum absolute atomic E-state index is 0.508. The van der Waals surface area contributed by atoms with Crippen LogP contribution in [0.5, 0.6) is 0 Å². The fourth-order valence-electron chi connectivity index (χ4n) is 3.35. The summed E-state index contributed by atoms with van der Waals surface area (Å²) in [5.41, 5.74) is 0. The SMILES string of the molecule is OC1CN(CC2CC3CC3C2)CC1O. The first-order valence-corrected chi connectivity index (χ1v) is 5.81. The van der Waals surface area contributed by atoms with Crippen LogP contribution in [0.25, 0.3) is 0 Å². The van der Waals surface area contributed by atoms with Crippen molar-refractivity contribution in [1.82, 2.24) is 4.90 Å². The molecule has 3 fully saturated rings. The molecule has 0 radical (unpaired) electrons. The van der Waals surface area contributed by atoms with Crippen LogP contribution >= 0.6 is 0 Å². The van der Waals surface area contributed by atoms with E-state index in [1.54, 1.807) is 0 Å². The molecule has 0 spiro atoms. The van der Waals surface area contributed by atoms with Gasteiger partial charge in [-0.05, 0) is 37.0 Å². The van der Waals surface area contributed by atoms with Crippen molar-refractivity contribution in [2.24, 2.45) is 17.8 Å². The van der Waals surface area contributed by atoms with Crippen LogP contribution in [0.15, 0.2) is 0 Å². The van der Waals surface area contributed by atoms with Crippen molar-refractivity contribution in [3.05, 3.63) is 0 Å². The van der Waals surface area contributed by atoms with Crippen molar-refractivity contribution in [1.29, 1.82) is 0 Å². The van der Waals surface area contributed by atoms with Gasteiger partial charge in [-0.1, -0.05) is 0 Å². The molecule has 80 valence electrons. The molecule has 0 aromatic rings. The summed E-state index contributed by atoms with van der Waals surface area (Å²) in [5.74, 6) is 2.92. The number of β-amino-alcohol motifs (C(OH)–C–C–N with tert-alkyl or cyclic N) is 2. The van der Waals surface area contributed by atoms with Gasteiger partial charge in [0.25, 0.3) is 0 Å². The van der Waals surface area contributed by atoms with Gasteiger partial charge in [0, 0.05) is 19.6 Å². The van der Waals surface area contributed by atoms with E-state index in [0.717, 1.165) is 24.3 Å². The van der Waals surface area contributed by atoms with Crippen LogP contribution in [0, 0.1) is 17.8 Å². The van der Waals surface area contributed by atoms with Crippen molar-refractivity contribution < 1.29 is 10.2 Å². The molecule has 4 unspecified atom stereocenters. The van der Waals surface area contributed by atoms with Crippen molar-refractivity contribution in [2.45, 2.75) is 31.5 Å². The smallest absolute Gasteiger partial charge is 0.0938 e. The third kappa shape index (κ3) is 1.58. The first-order chi connectivity index (χ1) is 6.72. The number of hydrogen-bond donors (Lipinski definition) is 2. The number of fused-ring (bicyclic) bond motifs is 1. The van der Waals surface area contributed by atoms with E-state index in [1.807, 2.05) is 0 Å². The molecule has 0 aromatic carbocycles. The van der Waals surface area contributed by atoms with E-state index in [-0.39, 0.29) is 0 Å². The number of hydrogen-bond acceptors (Lipinski definition) is 3. The van der Waals surface area contributed by atoms with Crippen LogP contribution in [0.3, 0.4) is 0 Å². The van der Waals surface area contributed by atoms with Crippen LogP contribution in [0.2, 0.25) is 0 Å². The van der Waals surface area contributed by atoms with Crippen LogP contribution in [0.4, 0.5) is 0 Å². The van der Waals surface area contributed by atoms with E-state index in [9.17, 15) is 10.2 Å². The van der Waals surface area contributed by atoms with Gasteiger partial charge in [-0.15, -0.1) is 0 Å². The molecular formula is C11H19NO2. The van der Waals surface area contributed by atoms with Crippen molar-refractivity contribution in [3.63, 3.8) is 0 Å². The van der Waals surface area contributed by atoms with Crippen LogP contribution in [0.1, 0.15) is 19.3 Å². The zero-order chi connectivity index (χ0) is 9.71. The predicted octanol–water partition coefficient (Wildman–Crippen LogP) is 0.0699. The number of likely N-dealkylation sites (tertiary alicyclic amines) is 1. The van der Waals surface area contributed by atoms with Gasteiger partial charge in [0.1, 0.15) is 0 Å². The number of aliphatic hydroxyl groups is 2. The molecular weight excluding hydrogens is 178 g/mol. The zero-order valence-corrected chi connectivity index (χ0v) is 8.47. The van der Waals surface area contributed by atoms with Crippen molar-refractivity contribution >= 4 is 0 Å². The second kappa shape index (κ2) is 3.19. The van der Waals surface area contributed by atoms with Gasteiger partial charge >= 0.3 is 0 Å². The Hall–Kier alpha value is -0.120. The summed E-state index contributed by atoms with van der Waals surface area (Å²) >= 11 is 0. The van der Waals surface area contributed by atoms with Gasteiger partial charge in [0.15, 0.2) is 0 Å². The van der Waals surface area contributed by atoms with Gasteiger partial charge in [-0.2, -0.15) is 0 Å². The second-order valence-corrected chi connectivity index (χ2v) is 5.45. The van der Waals surface area contributed by atoms with E-state index < -0.39 is 12.2 Å². The van der Waals surface area contributed by atoms with Gasteiger partial charge in [0.2, 0.25) is 0 Å². The molecule has 2 N–H and O–H groups in total. The lowest BCUT2D eigenvalue weighted by Crippen LogP contribution is -2.28. The molecule has 4 atom stereocenters. The van der Waals surface area contributed by atoms with Crippen molar-refractivity contribution in [2.75, 3.05) is 19.6 Å². The molecule has 2 aliphatic carbocycles. The maximum absolute atomic E-state index is 9.41. The molecule has 3 rings (SSSR count). The molecule has 14 heavy (non-hydrogen) atoms. The van der Waals surface area contributed by atoms with Gasteiger partial charge < -0.3 is 10.2 Å². The topological polar surface area (TPSA) is 43.7 Å². The average molecular weight is 197 g/mol. The maximum atomic E-state index is 9.41. The number of nitrogens with zero attached hydrogens (tertiary/aromatic N) is 1. The third-order valence-electron chi connectivity index (χ3n) is 4.19. The molecule has 3 nitrogen and oxygen atoms in total. The highest BCUT2D eigenvalue weighted by molar-refractivity contribution is 4.97. The largest absolute Gasteiger partial charge is 0.389 e. The minimum atomic E-state index is -0.508. The Bertz CT molecular complexity index is 213. The zero-order valence-electron chi connectivity index (χ0n) is 8.47. The fraction of sp³-hybridized carbons (Fsp3) is 1.00. The molecule has 1 saturated heterocycles. The average Bonchev–Trinajstić information content (AvgIpc) is 2.60. The maximum Gasteiger partial charge on any atom is 0.0938 e. The third-order valence-corrected chi connectivity index (χ3v) is 4.19. The minimum Gasteiger partial charge on any atom is -0.389 e.